The number of nitrogens with zero attached hydrogens (tertiary/aromatic N) is 2. The van der Waals surface area contributed by atoms with Gasteiger partial charge in [0, 0.05) is 31.7 Å². The molecule has 6 heteroatoms. The Morgan fingerprint density at radius 2 is 1.81 bits per heavy atom. The molecule has 0 amide bonds. The van der Waals surface area contributed by atoms with Gasteiger partial charge in [-0.15, -0.1) is 0 Å². The lowest BCUT2D eigenvalue weighted by atomic mass is 9.98. The lowest BCUT2D eigenvalue weighted by Crippen LogP contribution is -2.59. The van der Waals surface area contributed by atoms with Gasteiger partial charge >= 0.3 is 0 Å². The fraction of sp³-hybridized carbons (Fsp3) is 1.00. The van der Waals surface area contributed by atoms with Crippen molar-refractivity contribution in [2.24, 2.45) is 11.7 Å². The number of hydrogen-bond donors (Lipinski definition) is 1. The number of rotatable bonds is 6. The van der Waals surface area contributed by atoms with Crippen LogP contribution in [0.5, 0.6) is 0 Å². The fourth-order valence-electron chi connectivity index (χ4n) is 3.74. The predicted octanol–water partition coefficient (Wildman–Crippen LogP) is 1.95. The van der Waals surface area contributed by atoms with Gasteiger partial charge in [0.25, 0.3) is 10.2 Å². The Hall–Kier alpha value is -0.170. The van der Waals surface area contributed by atoms with E-state index in [0.29, 0.717) is 32.1 Å². The van der Waals surface area contributed by atoms with Gasteiger partial charge in [-0.2, -0.15) is 17.0 Å². The predicted molar refractivity (Wildman–Crippen MR) is 86.1 cm³/mol. The minimum absolute atomic E-state index is 0.335. The SMILES string of the molecule is CCCN(C1(CN)CCCC1)S(=O)(=O)N1CCC(C)CC1. The first kappa shape index (κ1) is 17.2. The molecule has 1 saturated heterocycles. The van der Waals surface area contributed by atoms with Gasteiger partial charge in [-0.05, 0) is 38.0 Å². The first-order valence-corrected chi connectivity index (χ1v) is 9.84. The molecule has 2 aliphatic rings. The summed E-state index contributed by atoms with van der Waals surface area (Å²) in [7, 11) is -3.38. The van der Waals surface area contributed by atoms with Gasteiger partial charge in [0.1, 0.15) is 0 Å². The Labute approximate surface area is 130 Å². The summed E-state index contributed by atoms with van der Waals surface area (Å²) in [5.74, 6) is 0.631. The van der Waals surface area contributed by atoms with Crippen molar-refractivity contribution in [3.05, 3.63) is 0 Å². The standard InChI is InChI=1S/C15H31N3O2S/c1-3-10-18(15(13-16)8-4-5-9-15)21(19,20)17-11-6-14(2)7-12-17/h14H,3-13,16H2,1-2H3. The van der Waals surface area contributed by atoms with Gasteiger partial charge in [0.15, 0.2) is 0 Å². The van der Waals surface area contributed by atoms with E-state index in [9.17, 15) is 8.42 Å². The average Bonchev–Trinajstić information content (AvgIpc) is 2.95. The van der Waals surface area contributed by atoms with Crippen molar-refractivity contribution >= 4 is 10.2 Å². The third-order valence-electron chi connectivity index (χ3n) is 5.22. The van der Waals surface area contributed by atoms with Gasteiger partial charge in [-0.25, -0.2) is 0 Å². The maximum absolute atomic E-state index is 13.1. The molecule has 2 N–H and O–H groups in total. The summed E-state index contributed by atoms with van der Waals surface area (Å²) in [5.41, 5.74) is 5.69. The molecule has 2 fully saturated rings. The highest BCUT2D eigenvalue weighted by Crippen LogP contribution is 2.37. The van der Waals surface area contributed by atoms with Crippen LogP contribution in [-0.4, -0.2) is 48.7 Å². The molecular formula is C15H31N3O2S. The van der Waals surface area contributed by atoms with E-state index >= 15 is 0 Å². The highest BCUT2D eigenvalue weighted by atomic mass is 32.2. The van der Waals surface area contributed by atoms with Gasteiger partial charge in [0.2, 0.25) is 0 Å². The van der Waals surface area contributed by atoms with Crippen molar-refractivity contribution in [3.63, 3.8) is 0 Å². The van der Waals surface area contributed by atoms with Gasteiger partial charge in [-0.1, -0.05) is 26.7 Å². The average molecular weight is 317 g/mol. The summed E-state index contributed by atoms with van der Waals surface area (Å²) in [6.45, 7) is 6.59. The second kappa shape index (κ2) is 6.94. The van der Waals surface area contributed by atoms with Crippen LogP contribution in [-0.2, 0) is 10.2 Å². The van der Waals surface area contributed by atoms with Gasteiger partial charge < -0.3 is 5.73 Å². The molecular weight excluding hydrogens is 286 g/mol. The van der Waals surface area contributed by atoms with Crippen molar-refractivity contribution in [1.29, 1.82) is 0 Å². The maximum atomic E-state index is 13.1. The van der Waals surface area contributed by atoms with Crippen LogP contribution < -0.4 is 5.73 Å². The Kier molecular flexibility index (Phi) is 5.68. The van der Waals surface area contributed by atoms with Crippen molar-refractivity contribution in [3.8, 4) is 0 Å². The van der Waals surface area contributed by atoms with E-state index in [1.165, 1.54) is 0 Å². The van der Waals surface area contributed by atoms with E-state index in [0.717, 1.165) is 44.9 Å². The summed E-state index contributed by atoms with van der Waals surface area (Å²) < 4.78 is 29.7. The second-order valence-electron chi connectivity index (χ2n) is 6.80. The van der Waals surface area contributed by atoms with E-state index in [2.05, 4.69) is 6.92 Å². The van der Waals surface area contributed by atoms with E-state index in [4.69, 9.17) is 5.73 Å². The molecule has 0 aromatic rings. The van der Waals surface area contributed by atoms with Gasteiger partial charge in [-0.3, -0.25) is 0 Å². The largest absolute Gasteiger partial charge is 0.329 e. The Bertz CT molecular complexity index is 424. The molecule has 21 heavy (non-hydrogen) atoms. The van der Waals surface area contributed by atoms with Crippen LogP contribution in [0.25, 0.3) is 0 Å². The van der Waals surface area contributed by atoms with E-state index < -0.39 is 10.2 Å². The molecule has 1 aliphatic carbocycles. The van der Waals surface area contributed by atoms with Crippen LogP contribution in [0.15, 0.2) is 0 Å². The van der Waals surface area contributed by atoms with Crippen molar-refractivity contribution in [2.75, 3.05) is 26.2 Å². The quantitative estimate of drug-likeness (QED) is 0.814. The van der Waals surface area contributed by atoms with Crippen LogP contribution in [0.1, 0.15) is 58.8 Å². The van der Waals surface area contributed by atoms with Crippen LogP contribution in [0.2, 0.25) is 0 Å². The molecule has 0 aromatic heterocycles. The van der Waals surface area contributed by atoms with E-state index in [-0.39, 0.29) is 5.54 Å². The smallest absolute Gasteiger partial charge is 0.282 e. The van der Waals surface area contributed by atoms with Crippen LogP contribution in [0.4, 0.5) is 0 Å². The molecule has 0 unspecified atom stereocenters. The third-order valence-corrected chi connectivity index (χ3v) is 7.36. The highest BCUT2D eigenvalue weighted by Gasteiger charge is 2.46. The second-order valence-corrected chi connectivity index (χ2v) is 8.65. The summed E-state index contributed by atoms with van der Waals surface area (Å²) in [6.07, 6.45) is 6.77. The molecule has 0 atom stereocenters. The number of hydrogen-bond acceptors (Lipinski definition) is 3. The summed E-state index contributed by atoms with van der Waals surface area (Å²) in [5, 5.41) is 0. The van der Waals surface area contributed by atoms with Crippen molar-refractivity contribution < 1.29 is 8.42 Å². The topological polar surface area (TPSA) is 66.6 Å². The normalized spacial score (nSPS) is 24.8. The zero-order valence-corrected chi connectivity index (χ0v) is 14.4. The van der Waals surface area contributed by atoms with Crippen molar-refractivity contribution in [2.45, 2.75) is 64.3 Å². The zero-order valence-electron chi connectivity index (χ0n) is 13.6. The molecule has 124 valence electrons. The van der Waals surface area contributed by atoms with Crippen LogP contribution in [0.3, 0.4) is 0 Å². The van der Waals surface area contributed by atoms with Crippen LogP contribution in [0, 0.1) is 5.92 Å². The molecule has 5 nitrogen and oxygen atoms in total. The lowest BCUT2D eigenvalue weighted by molar-refractivity contribution is 0.173. The molecule has 1 aliphatic heterocycles. The Morgan fingerprint density at radius 3 is 2.29 bits per heavy atom. The summed E-state index contributed by atoms with van der Waals surface area (Å²) in [4.78, 5) is 0. The minimum Gasteiger partial charge on any atom is -0.329 e. The first-order chi connectivity index (χ1) is 9.96. The minimum atomic E-state index is -3.38. The fourth-order valence-corrected chi connectivity index (χ4v) is 5.85. The van der Waals surface area contributed by atoms with Gasteiger partial charge in [0.05, 0.1) is 0 Å². The third kappa shape index (κ3) is 3.44. The molecule has 0 radical (unpaired) electrons. The summed E-state index contributed by atoms with van der Waals surface area (Å²) >= 11 is 0. The molecule has 0 spiro atoms. The number of piperidine rings is 1. The molecule has 2 rings (SSSR count). The summed E-state index contributed by atoms with van der Waals surface area (Å²) in [6, 6.07) is 0. The first-order valence-electron chi connectivity index (χ1n) is 8.44. The van der Waals surface area contributed by atoms with Crippen LogP contribution >= 0.6 is 0 Å². The molecule has 0 aromatic carbocycles. The van der Waals surface area contributed by atoms with E-state index in [1.807, 2.05) is 6.92 Å². The number of nitrogens with two attached hydrogens (primary N) is 1. The Balaban J connectivity index is 2.23. The van der Waals surface area contributed by atoms with E-state index in [1.54, 1.807) is 8.61 Å². The highest BCUT2D eigenvalue weighted by molar-refractivity contribution is 7.86. The maximum Gasteiger partial charge on any atom is 0.282 e. The molecule has 1 saturated carbocycles. The van der Waals surface area contributed by atoms with Crippen molar-refractivity contribution in [1.82, 2.24) is 8.61 Å². The zero-order chi connectivity index (χ0) is 15.5. The molecule has 1 heterocycles. The molecule has 0 bridgehead atoms. The monoisotopic (exact) mass is 317 g/mol. The lowest BCUT2D eigenvalue weighted by Gasteiger charge is -2.43. The Morgan fingerprint density at radius 1 is 1.24 bits per heavy atom.